The molecule has 0 amide bonds. The first kappa shape index (κ1) is 30.8. The first-order valence-electron chi connectivity index (χ1n) is 18.9. The van der Waals surface area contributed by atoms with Gasteiger partial charge in [-0.1, -0.05) is 48.5 Å². The highest BCUT2D eigenvalue weighted by Gasteiger charge is 2.58. The van der Waals surface area contributed by atoms with E-state index in [1.165, 1.54) is 12.8 Å². The molecule has 0 heterocycles. The van der Waals surface area contributed by atoms with Gasteiger partial charge in [-0.25, -0.2) is 0 Å². The Balaban J connectivity index is 0.914. The summed E-state index contributed by atoms with van der Waals surface area (Å²) in [7, 11) is 0. The van der Waals surface area contributed by atoms with E-state index >= 15 is 0 Å². The summed E-state index contributed by atoms with van der Waals surface area (Å²) in [4.78, 5) is 0. The number of para-hydroxylation sites is 2. The summed E-state index contributed by atoms with van der Waals surface area (Å²) in [6, 6.07) is 27.5. The lowest BCUT2D eigenvalue weighted by atomic mass is 9.45. The van der Waals surface area contributed by atoms with Crippen LogP contribution in [0.15, 0.2) is 84.9 Å². The number of aromatic hydroxyl groups is 2. The van der Waals surface area contributed by atoms with Crippen LogP contribution in [0.1, 0.15) is 88.2 Å². The number of benzene rings is 4. The molecule has 6 N–H and O–H groups in total. The Morgan fingerprint density at radius 3 is 1.24 bits per heavy atom. The van der Waals surface area contributed by atoms with Crippen LogP contribution in [0, 0.1) is 23.7 Å². The van der Waals surface area contributed by atoms with Gasteiger partial charge in [0.25, 0.3) is 0 Å². The summed E-state index contributed by atoms with van der Waals surface area (Å²) < 4.78 is 13.0. The maximum Gasteiger partial charge on any atom is 0.135 e. The highest BCUT2D eigenvalue weighted by Crippen LogP contribution is 2.64. The summed E-state index contributed by atoms with van der Waals surface area (Å²) in [5, 5.41) is 22.9. The Morgan fingerprint density at radius 1 is 0.500 bits per heavy atom. The van der Waals surface area contributed by atoms with E-state index in [2.05, 4.69) is 12.1 Å². The minimum Gasteiger partial charge on any atom is -0.508 e. The largest absolute Gasteiger partial charge is 0.508 e. The average Bonchev–Trinajstić information content (AvgIpc) is 3.03. The molecule has 12 rings (SSSR count). The molecule has 8 saturated carbocycles. The van der Waals surface area contributed by atoms with Crippen LogP contribution >= 0.6 is 0 Å². The Morgan fingerprint density at radius 2 is 0.880 bits per heavy atom. The molecular weight excluding hydrogens is 620 g/mol. The quantitative estimate of drug-likeness (QED) is 0.156. The Kier molecular flexibility index (Phi) is 6.62. The predicted molar refractivity (Wildman–Crippen MR) is 195 cm³/mol. The van der Waals surface area contributed by atoms with Crippen molar-refractivity contribution in [2.45, 2.75) is 99.0 Å². The molecule has 4 aromatic carbocycles. The van der Waals surface area contributed by atoms with Crippen molar-refractivity contribution in [1.82, 2.24) is 0 Å². The number of rotatable bonds is 7. The lowest BCUT2D eigenvalue weighted by Crippen LogP contribution is -2.61. The van der Waals surface area contributed by atoms with Gasteiger partial charge in [0, 0.05) is 56.3 Å². The third-order valence-electron chi connectivity index (χ3n) is 13.8. The second-order valence-corrected chi connectivity index (χ2v) is 17.8. The van der Waals surface area contributed by atoms with Gasteiger partial charge in [-0.05, 0) is 125 Å². The molecule has 8 bridgehead atoms. The van der Waals surface area contributed by atoms with Gasteiger partial charge in [-0.3, -0.25) is 0 Å². The molecule has 4 atom stereocenters. The lowest BCUT2D eigenvalue weighted by Gasteiger charge is -2.61. The Hall–Kier alpha value is -4.00. The van der Waals surface area contributed by atoms with Gasteiger partial charge in [0.05, 0.1) is 0 Å². The number of phenolic OH excluding ortho intramolecular Hbond substituents is 2. The Bertz CT molecular complexity index is 1830. The first-order chi connectivity index (χ1) is 24.1. The van der Waals surface area contributed by atoms with Crippen LogP contribution in [-0.4, -0.2) is 21.3 Å². The summed E-state index contributed by atoms with van der Waals surface area (Å²) in [6.45, 7) is 0. The molecule has 4 unspecified atom stereocenters. The summed E-state index contributed by atoms with van der Waals surface area (Å²) >= 11 is 0. The first-order valence-corrected chi connectivity index (χ1v) is 18.9. The van der Waals surface area contributed by atoms with E-state index in [9.17, 15) is 10.2 Å². The zero-order valence-electron chi connectivity index (χ0n) is 28.7. The monoisotopic (exact) mass is 668 g/mol. The second kappa shape index (κ2) is 10.8. The smallest absolute Gasteiger partial charge is 0.135 e. The summed E-state index contributed by atoms with van der Waals surface area (Å²) in [6.07, 6.45) is 13.4. The van der Waals surface area contributed by atoms with E-state index in [4.69, 9.17) is 20.9 Å². The standard InChI is InChI=1S/C44H48N2O4/c45-43-21-27-13-28(22-43)18-41(17-27,25-43)35-11-9-31(15-37(35)47)49-39-7-3-1-5-33(39)34-6-2-4-8-40(34)50-32-10-12-36(38(48)16-32)42-19-29-14-30(20-42)24-44(46,23-29)26-42/h1-12,15-16,27-30,47-48H,13-14,17-26,45-46H2. The maximum absolute atomic E-state index is 11.4. The molecule has 6 heteroatoms. The van der Waals surface area contributed by atoms with Gasteiger partial charge in [-0.2, -0.15) is 0 Å². The third kappa shape index (κ3) is 4.97. The van der Waals surface area contributed by atoms with Crippen molar-refractivity contribution in [2.75, 3.05) is 0 Å². The van der Waals surface area contributed by atoms with Gasteiger partial charge < -0.3 is 31.2 Å². The second-order valence-electron chi connectivity index (χ2n) is 17.8. The molecule has 4 aromatic rings. The molecular formula is C44H48N2O4. The van der Waals surface area contributed by atoms with E-state index in [1.54, 1.807) is 12.1 Å². The van der Waals surface area contributed by atoms with E-state index in [0.29, 0.717) is 58.2 Å². The number of ether oxygens (including phenoxy) is 2. The van der Waals surface area contributed by atoms with E-state index < -0.39 is 0 Å². The minimum absolute atomic E-state index is 0.0376. The summed E-state index contributed by atoms with van der Waals surface area (Å²) in [5.74, 6) is 5.76. The molecule has 6 nitrogen and oxygen atoms in total. The fraction of sp³-hybridized carbons (Fsp3) is 0.455. The molecule has 0 spiro atoms. The lowest BCUT2D eigenvalue weighted by molar-refractivity contribution is -0.0238. The number of nitrogens with two attached hydrogens (primary N) is 2. The van der Waals surface area contributed by atoms with Crippen molar-refractivity contribution in [1.29, 1.82) is 0 Å². The van der Waals surface area contributed by atoms with Crippen LogP contribution in [0.2, 0.25) is 0 Å². The van der Waals surface area contributed by atoms with Gasteiger partial charge >= 0.3 is 0 Å². The van der Waals surface area contributed by atoms with Crippen molar-refractivity contribution < 1.29 is 19.7 Å². The highest BCUT2D eigenvalue weighted by atomic mass is 16.5. The topological polar surface area (TPSA) is 111 Å². The van der Waals surface area contributed by atoms with Gasteiger partial charge in [0.2, 0.25) is 0 Å². The number of phenols is 2. The van der Waals surface area contributed by atoms with Gasteiger partial charge in [-0.15, -0.1) is 0 Å². The van der Waals surface area contributed by atoms with Crippen LogP contribution in [0.5, 0.6) is 34.5 Å². The molecule has 8 aliphatic rings. The van der Waals surface area contributed by atoms with Crippen LogP contribution in [-0.2, 0) is 10.8 Å². The highest BCUT2D eigenvalue weighted by molar-refractivity contribution is 5.76. The summed E-state index contributed by atoms with van der Waals surface area (Å²) in [5.41, 5.74) is 17.3. The fourth-order valence-electron chi connectivity index (χ4n) is 13.2. The van der Waals surface area contributed by atoms with Crippen LogP contribution in [0.25, 0.3) is 11.1 Å². The molecule has 0 aromatic heterocycles. The minimum atomic E-state index is -0.0940. The van der Waals surface area contributed by atoms with Crippen LogP contribution < -0.4 is 20.9 Å². The van der Waals surface area contributed by atoms with Gasteiger partial charge in [0.15, 0.2) is 0 Å². The maximum atomic E-state index is 11.4. The molecule has 50 heavy (non-hydrogen) atoms. The van der Waals surface area contributed by atoms with Crippen molar-refractivity contribution >= 4 is 0 Å². The van der Waals surface area contributed by atoms with Crippen LogP contribution in [0.4, 0.5) is 0 Å². The molecule has 0 saturated heterocycles. The van der Waals surface area contributed by atoms with Crippen molar-refractivity contribution in [3.05, 3.63) is 96.1 Å². The van der Waals surface area contributed by atoms with E-state index in [1.807, 2.05) is 60.7 Å². The SMILES string of the molecule is NC12CC3CC(C1)CC(c1ccc(Oc4ccccc4-c4ccccc4Oc4ccc(C56CC7CC(CC(N)(C7)C5)C6)c(O)c4)cc1O)(C3)C2. The molecule has 8 fully saturated rings. The Labute approximate surface area is 294 Å². The van der Waals surface area contributed by atoms with Crippen LogP contribution in [0.3, 0.4) is 0 Å². The molecule has 258 valence electrons. The third-order valence-corrected chi connectivity index (χ3v) is 13.8. The molecule has 0 aliphatic heterocycles. The average molecular weight is 669 g/mol. The molecule has 8 aliphatic carbocycles. The normalized spacial score (nSPS) is 36.1. The van der Waals surface area contributed by atoms with Crippen molar-refractivity contribution in [3.63, 3.8) is 0 Å². The number of hydrogen-bond acceptors (Lipinski definition) is 6. The van der Waals surface area contributed by atoms with Gasteiger partial charge in [0.1, 0.15) is 34.5 Å². The van der Waals surface area contributed by atoms with Crippen molar-refractivity contribution in [3.8, 4) is 45.6 Å². The number of hydrogen-bond donors (Lipinski definition) is 4. The molecule has 0 radical (unpaired) electrons. The van der Waals surface area contributed by atoms with Crippen molar-refractivity contribution in [2.24, 2.45) is 35.1 Å². The zero-order chi connectivity index (χ0) is 33.9. The fourth-order valence-corrected chi connectivity index (χ4v) is 13.2. The van der Waals surface area contributed by atoms with E-state index in [-0.39, 0.29) is 21.9 Å². The zero-order valence-corrected chi connectivity index (χ0v) is 28.7. The van der Waals surface area contributed by atoms with E-state index in [0.717, 1.165) is 86.5 Å². The predicted octanol–water partition coefficient (Wildman–Crippen LogP) is 9.45.